The molecule has 0 unspecified atom stereocenters. The standard InChI is InChI=1S/C25H26FN5OS/c1-16-7-9-20(10-8-16)31-24-23(17(2)29-31)33-25(28-24)30-13-11-19(12-14-30)27-22(32)15-18-5-3-4-6-21(18)26/h3-10,19H,11-15H2,1-2H3,(H,27,32). The molecule has 0 radical (unpaired) electrons. The van der Waals surface area contributed by atoms with Crippen LogP contribution in [0.2, 0.25) is 0 Å². The summed E-state index contributed by atoms with van der Waals surface area (Å²) in [7, 11) is 0. The summed E-state index contributed by atoms with van der Waals surface area (Å²) in [6, 6.07) is 14.8. The Labute approximate surface area is 196 Å². The van der Waals surface area contributed by atoms with Crippen LogP contribution in [0, 0.1) is 19.7 Å². The zero-order valence-electron chi connectivity index (χ0n) is 18.7. The van der Waals surface area contributed by atoms with Crippen LogP contribution >= 0.6 is 11.3 Å². The molecule has 2 aromatic carbocycles. The highest BCUT2D eigenvalue weighted by atomic mass is 32.1. The molecule has 6 nitrogen and oxygen atoms in total. The van der Waals surface area contributed by atoms with Gasteiger partial charge in [-0.15, -0.1) is 0 Å². The molecule has 1 N–H and O–H groups in total. The molecule has 33 heavy (non-hydrogen) atoms. The van der Waals surface area contributed by atoms with Crippen molar-refractivity contribution in [2.24, 2.45) is 0 Å². The second kappa shape index (κ2) is 8.94. The van der Waals surface area contributed by atoms with Crippen molar-refractivity contribution >= 4 is 32.7 Å². The van der Waals surface area contributed by atoms with Crippen molar-refractivity contribution in [2.45, 2.75) is 39.2 Å². The van der Waals surface area contributed by atoms with Gasteiger partial charge in [0.15, 0.2) is 10.8 Å². The summed E-state index contributed by atoms with van der Waals surface area (Å²) >= 11 is 1.67. The number of amides is 1. The van der Waals surface area contributed by atoms with Crippen LogP contribution in [0.3, 0.4) is 0 Å². The van der Waals surface area contributed by atoms with Gasteiger partial charge in [-0.05, 0) is 50.5 Å². The quantitative estimate of drug-likeness (QED) is 0.471. The fourth-order valence-electron chi connectivity index (χ4n) is 4.23. The molecular formula is C25H26FN5OS. The molecule has 8 heteroatoms. The number of anilines is 1. The number of nitrogens with one attached hydrogen (secondary N) is 1. The number of benzene rings is 2. The summed E-state index contributed by atoms with van der Waals surface area (Å²) < 4.78 is 16.8. The molecule has 3 heterocycles. The molecule has 4 aromatic rings. The van der Waals surface area contributed by atoms with E-state index in [9.17, 15) is 9.18 Å². The Balaban J connectivity index is 1.24. The molecule has 0 bridgehead atoms. The fourth-order valence-corrected chi connectivity index (χ4v) is 5.27. The lowest BCUT2D eigenvalue weighted by Gasteiger charge is -2.32. The Bertz CT molecular complexity index is 1290. The average molecular weight is 464 g/mol. The van der Waals surface area contributed by atoms with E-state index in [1.165, 1.54) is 11.6 Å². The number of hydrogen-bond acceptors (Lipinski definition) is 5. The fraction of sp³-hybridized carbons (Fsp3) is 0.320. The van der Waals surface area contributed by atoms with Crippen molar-refractivity contribution in [3.8, 4) is 5.69 Å². The van der Waals surface area contributed by atoms with E-state index in [0.29, 0.717) is 5.56 Å². The Morgan fingerprint density at radius 1 is 1.12 bits per heavy atom. The summed E-state index contributed by atoms with van der Waals surface area (Å²) in [5, 5.41) is 8.75. The number of thiazole rings is 1. The molecule has 0 spiro atoms. The minimum atomic E-state index is -0.335. The Kier molecular flexibility index (Phi) is 5.85. The van der Waals surface area contributed by atoms with Gasteiger partial charge in [0.25, 0.3) is 0 Å². The van der Waals surface area contributed by atoms with Crippen molar-refractivity contribution in [2.75, 3.05) is 18.0 Å². The summed E-state index contributed by atoms with van der Waals surface area (Å²) in [4.78, 5) is 19.6. The molecular weight excluding hydrogens is 437 g/mol. The van der Waals surface area contributed by atoms with Gasteiger partial charge in [-0.25, -0.2) is 9.07 Å². The van der Waals surface area contributed by atoms with Gasteiger partial charge in [-0.1, -0.05) is 47.2 Å². The molecule has 2 aromatic heterocycles. The van der Waals surface area contributed by atoms with Crippen LogP contribution in [0.15, 0.2) is 48.5 Å². The number of hydrogen-bond donors (Lipinski definition) is 1. The first kappa shape index (κ1) is 21.6. The van der Waals surface area contributed by atoms with Crippen LogP contribution in [-0.2, 0) is 11.2 Å². The van der Waals surface area contributed by atoms with Gasteiger partial charge >= 0.3 is 0 Å². The van der Waals surface area contributed by atoms with Crippen LogP contribution in [0.25, 0.3) is 16.0 Å². The zero-order chi connectivity index (χ0) is 22.9. The van der Waals surface area contributed by atoms with Gasteiger partial charge in [-0.2, -0.15) is 10.1 Å². The van der Waals surface area contributed by atoms with E-state index in [1.54, 1.807) is 29.5 Å². The maximum absolute atomic E-state index is 13.8. The number of fused-ring (bicyclic) bond motifs is 1. The largest absolute Gasteiger partial charge is 0.353 e. The number of aryl methyl sites for hydroxylation is 2. The smallest absolute Gasteiger partial charge is 0.224 e. The normalized spacial score (nSPS) is 14.7. The van der Waals surface area contributed by atoms with Crippen molar-refractivity contribution in [1.29, 1.82) is 0 Å². The maximum Gasteiger partial charge on any atom is 0.224 e. The minimum absolute atomic E-state index is 0.0690. The van der Waals surface area contributed by atoms with E-state index >= 15 is 0 Å². The van der Waals surface area contributed by atoms with Crippen molar-refractivity contribution in [3.63, 3.8) is 0 Å². The first-order chi connectivity index (χ1) is 16.0. The molecule has 1 fully saturated rings. The summed E-state index contributed by atoms with van der Waals surface area (Å²) in [5.41, 5.74) is 4.51. The lowest BCUT2D eigenvalue weighted by Crippen LogP contribution is -2.45. The summed E-state index contributed by atoms with van der Waals surface area (Å²) in [6.45, 7) is 5.72. The van der Waals surface area contributed by atoms with Crippen LogP contribution in [0.5, 0.6) is 0 Å². The Hall–Kier alpha value is -3.26. The first-order valence-corrected chi connectivity index (χ1v) is 12.0. The average Bonchev–Trinajstić information content (AvgIpc) is 3.37. The highest BCUT2D eigenvalue weighted by Gasteiger charge is 2.25. The van der Waals surface area contributed by atoms with Crippen molar-refractivity contribution in [3.05, 3.63) is 71.2 Å². The lowest BCUT2D eigenvalue weighted by atomic mass is 10.0. The third-order valence-corrected chi connectivity index (χ3v) is 7.31. The van der Waals surface area contributed by atoms with Gasteiger partial charge in [0.2, 0.25) is 5.91 Å². The second-order valence-electron chi connectivity index (χ2n) is 8.58. The van der Waals surface area contributed by atoms with Crippen molar-refractivity contribution in [1.82, 2.24) is 20.1 Å². The van der Waals surface area contributed by atoms with Crippen LogP contribution in [0.1, 0.15) is 29.7 Å². The van der Waals surface area contributed by atoms with E-state index in [4.69, 9.17) is 10.1 Å². The van der Waals surface area contributed by atoms with E-state index < -0.39 is 0 Å². The van der Waals surface area contributed by atoms with Gasteiger partial charge in [0.1, 0.15) is 5.82 Å². The molecule has 1 saturated heterocycles. The molecule has 0 saturated carbocycles. The van der Waals surface area contributed by atoms with Crippen molar-refractivity contribution < 1.29 is 9.18 Å². The minimum Gasteiger partial charge on any atom is -0.353 e. The maximum atomic E-state index is 13.8. The van der Waals surface area contributed by atoms with Gasteiger partial charge in [-0.3, -0.25) is 4.79 Å². The van der Waals surface area contributed by atoms with Crippen LogP contribution < -0.4 is 10.2 Å². The van der Waals surface area contributed by atoms with E-state index in [-0.39, 0.29) is 24.2 Å². The Morgan fingerprint density at radius 3 is 2.58 bits per heavy atom. The van der Waals surface area contributed by atoms with E-state index in [2.05, 4.69) is 41.4 Å². The number of carbonyl (C=O) groups excluding carboxylic acids is 1. The molecule has 1 aliphatic heterocycles. The van der Waals surface area contributed by atoms with Gasteiger partial charge in [0.05, 0.1) is 22.5 Å². The third-order valence-electron chi connectivity index (χ3n) is 6.10. The van der Waals surface area contributed by atoms with E-state index in [1.807, 2.05) is 11.6 Å². The topological polar surface area (TPSA) is 63.1 Å². The molecule has 0 aliphatic carbocycles. The number of piperidine rings is 1. The van der Waals surface area contributed by atoms with Gasteiger partial charge < -0.3 is 10.2 Å². The monoisotopic (exact) mass is 463 g/mol. The molecule has 1 aliphatic rings. The predicted octanol–water partition coefficient (Wildman–Crippen LogP) is 4.57. The first-order valence-electron chi connectivity index (χ1n) is 11.2. The summed E-state index contributed by atoms with van der Waals surface area (Å²) in [5.74, 6) is -0.467. The number of rotatable bonds is 5. The molecule has 0 atom stereocenters. The highest BCUT2D eigenvalue weighted by Crippen LogP contribution is 2.33. The zero-order valence-corrected chi connectivity index (χ0v) is 19.5. The number of carbonyl (C=O) groups is 1. The molecule has 1 amide bonds. The van der Waals surface area contributed by atoms with Crippen LogP contribution in [-0.4, -0.2) is 39.8 Å². The predicted molar refractivity (Wildman–Crippen MR) is 130 cm³/mol. The summed E-state index contributed by atoms with van der Waals surface area (Å²) in [6.07, 6.45) is 1.74. The lowest BCUT2D eigenvalue weighted by molar-refractivity contribution is -0.121. The number of halogens is 1. The molecule has 170 valence electrons. The van der Waals surface area contributed by atoms with Gasteiger partial charge in [0, 0.05) is 19.1 Å². The second-order valence-corrected chi connectivity index (χ2v) is 9.56. The van der Waals surface area contributed by atoms with Crippen LogP contribution in [0.4, 0.5) is 9.52 Å². The highest BCUT2D eigenvalue weighted by molar-refractivity contribution is 7.22. The van der Waals surface area contributed by atoms with E-state index in [0.717, 1.165) is 52.8 Å². The third kappa shape index (κ3) is 4.48. The SMILES string of the molecule is Cc1ccc(-n2nc(C)c3sc(N4CCC(NC(=O)Cc5ccccc5F)CC4)nc32)cc1. The Morgan fingerprint density at radius 2 is 1.85 bits per heavy atom. The number of aromatic nitrogens is 3. The number of nitrogens with zero attached hydrogens (tertiary/aromatic N) is 4. The molecule has 5 rings (SSSR count).